The number of nitrogens with zero attached hydrogens (tertiary/aromatic N) is 1. The first-order valence-electron chi connectivity index (χ1n) is 7.70. The van der Waals surface area contributed by atoms with Crippen molar-refractivity contribution in [3.8, 4) is 0 Å². The third-order valence-corrected chi connectivity index (χ3v) is 4.45. The predicted molar refractivity (Wildman–Crippen MR) is 74.5 cm³/mol. The Kier molecular flexibility index (Phi) is 4.83. The van der Waals surface area contributed by atoms with Crippen LogP contribution in [0.25, 0.3) is 0 Å². The first-order chi connectivity index (χ1) is 9.11. The van der Waals surface area contributed by atoms with E-state index >= 15 is 0 Å². The van der Waals surface area contributed by atoms with Crippen molar-refractivity contribution in [1.29, 1.82) is 0 Å². The first-order valence-corrected chi connectivity index (χ1v) is 7.70. The second kappa shape index (κ2) is 6.40. The molecule has 0 aromatic carbocycles. The molecule has 4 nitrogen and oxygen atoms in total. The van der Waals surface area contributed by atoms with Crippen LogP contribution in [0.5, 0.6) is 0 Å². The summed E-state index contributed by atoms with van der Waals surface area (Å²) >= 11 is 0. The summed E-state index contributed by atoms with van der Waals surface area (Å²) in [6, 6.07) is -0.319. The molecule has 2 fully saturated rings. The van der Waals surface area contributed by atoms with Gasteiger partial charge in [0, 0.05) is 19.5 Å². The number of amides is 2. The van der Waals surface area contributed by atoms with E-state index in [-0.39, 0.29) is 23.8 Å². The van der Waals surface area contributed by atoms with Crippen LogP contribution in [-0.2, 0) is 9.59 Å². The van der Waals surface area contributed by atoms with Crippen molar-refractivity contribution in [2.24, 2.45) is 11.8 Å². The molecule has 2 aliphatic rings. The lowest BCUT2D eigenvalue weighted by molar-refractivity contribution is -0.135. The highest BCUT2D eigenvalue weighted by Crippen LogP contribution is 2.33. The van der Waals surface area contributed by atoms with Gasteiger partial charge in [-0.25, -0.2) is 0 Å². The molecule has 0 bridgehead atoms. The van der Waals surface area contributed by atoms with Crippen LogP contribution in [0.3, 0.4) is 0 Å². The van der Waals surface area contributed by atoms with Gasteiger partial charge in [-0.15, -0.1) is 0 Å². The molecule has 0 spiro atoms. The molecular weight excluding hydrogens is 240 g/mol. The van der Waals surface area contributed by atoms with Gasteiger partial charge in [0.25, 0.3) is 0 Å². The minimum atomic E-state index is -0.319. The van der Waals surface area contributed by atoms with Crippen LogP contribution >= 0.6 is 0 Å². The maximum Gasteiger partial charge on any atom is 0.245 e. The quantitative estimate of drug-likeness (QED) is 0.798. The Morgan fingerprint density at radius 2 is 2.11 bits per heavy atom. The lowest BCUT2D eigenvalue weighted by Crippen LogP contribution is -2.48. The van der Waals surface area contributed by atoms with Gasteiger partial charge in [-0.05, 0) is 24.7 Å². The van der Waals surface area contributed by atoms with Crippen LogP contribution in [0.2, 0.25) is 0 Å². The predicted octanol–water partition coefficient (Wildman–Crippen LogP) is 1.94. The van der Waals surface area contributed by atoms with E-state index in [2.05, 4.69) is 12.2 Å². The standard InChI is InChI=1S/C15H26N2O2/c1-3-11(2)14-15(19)17(10-8-13(18)16-14)9-4-5-12-6-7-12/h11-12,14H,3-10H2,1-2H3,(H,16,18). The van der Waals surface area contributed by atoms with Gasteiger partial charge in [-0.2, -0.15) is 0 Å². The number of hydrogen-bond acceptors (Lipinski definition) is 2. The highest BCUT2D eigenvalue weighted by Gasteiger charge is 2.32. The Hall–Kier alpha value is -1.06. The maximum atomic E-state index is 12.5. The normalized spacial score (nSPS) is 26.0. The molecule has 1 heterocycles. The number of hydrogen-bond donors (Lipinski definition) is 1. The van der Waals surface area contributed by atoms with E-state index in [4.69, 9.17) is 0 Å². The largest absolute Gasteiger partial charge is 0.344 e. The average molecular weight is 266 g/mol. The van der Waals surface area contributed by atoms with Gasteiger partial charge in [0.1, 0.15) is 6.04 Å². The fraction of sp³-hybridized carbons (Fsp3) is 0.867. The molecule has 108 valence electrons. The summed E-state index contributed by atoms with van der Waals surface area (Å²) in [5, 5.41) is 2.89. The number of nitrogens with one attached hydrogen (secondary N) is 1. The summed E-state index contributed by atoms with van der Waals surface area (Å²) in [7, 11) is 0. The zero-order valence-corrected chi connectivity index (χ0v) is 12.2. The van der Waals surface area contributed by atoms with Gasteiger partial charge < -0.3 is 10.2 Å². The second-order valence-corrected chi connectivity index (χ2v) is 6.09. The Morgan fingerprint density at radius 3 is 2.74 bits per heavy atom. The smallest absolute Gasteiger partial charge is 0.245 e. The summed E-state index contributed by atoms with van der Waals surface area (Å²) in [5.74, 6) is 1.26. The van der Waals surface area contributed by atoms with Gasteiger partial charge in [-0.3, -0.25) is 9.59 Å². The van der Waals surface area contributed by atoms with Crippen LogP contribution in [0.1, 0.15) is 52.4 Å². The molecule has 2 unspecified atom stereocenters. The van der Waals surface area contributed by atoms with E-state index in [0.717, 1.165) is 25.3 Å². The maximum absolute atomic E-state index is 12.5. The fourth-order valence-electron chi connectivity index (χ4n) is 2.67. The average Bonchev–Trinajstić information content (AvgIpc) is 3.22. The zero-order chi connectivity index (χ0) is 13.8. The van der Waals surface area contributed by atoms with E-state index in [0.29, 0.717) is 13.0 Å². The molecule has 2 atom stereocenters. The zero-order valence-electron chi connectivity index (χ0n) is 12.2. The van der Waals surface area contributed by atoms with E-state index < -0.39 is 0 Å². The van der Waals surface area contributed by atoms with E-state index in [1.807, 2.05) is 11.8 Å². The molecule has 1 saturated heterocycles. The minimum absolute atomic E-state index is 0.0170. The molecule has 4 heteroatoms. The Balaban J connectivity index is 1.91. The third kappa shape index (κ3) is 3.95. The highest BCUT2D eigenvalue weighted by atomic mass is 16.2. The van der Waals surface area contributed by atoms with Gasteiger partial charge in [0.2, 0.25) is 11.8 Å². The molecule has 1 aliphatic carbocycles. The summed E-state index contributed by atoms with van der Waals surface area (Å²) in [6.45, 7) is 5.50. The molecule has 0 radical (unpaired) electrons. The van der Waals surface area contributed by atoms with Crippen LogP contribution in [0.15, 0.2) is 0 Å². The van der Waals surface area contributed by atoms with Crippen molar-refractivity contribution in [2.45, 2.75) is 58.4 Å². The van der Waals surface area contributed by atoms with Crippen LogP contribution in [0.4, 0.5) is 0 Å². The molecule has 1 aliphatic heterocycles. The van der Waals surface area contributed by atoms with Crippen molar-refractivity contribution in [3.63, 3.8) is 0 Å². The van der Waals surface area contributed by atoms with Crippen molar-refractivity contribution >= 4 is 11.8 Å². The van der Waals surface area contributed by atoms with Gasteiger partial charge in [0.15, 0.2) is 0 Å². The number of carbonyl (C=O) groups is 2. The lowest BCUT2D eigenvalue weighted by atomic mass is 9.98. The highest BCUT2D eigenvalue weighted by molar-refractivity contribution is 5.90. The SMILES string of the molecule is CCC(C)C1NC(=O)CCN(CCCC2CC2)C1=O. The van der Waals surface area contributed by atoms with Crippen LogP contribution in [-0.4, -0.2) is 35.8 Å². The Labute approximate surface area is 115 Å². The summed E-state index contributed by atoms with van der Waals surface area (Å²) in [5.41, 5.74) is 0. The second-order valence-electron chi connectivity index (χ2n) is 6.09. The van der Waals surface area contributed by atoms with Crippen molar-refractivity contribution < 1.29 is 9.59 Å². The number of rotatable bonds is 6. The third-order valence-electron chi connectivity index (χ3n) is 4.45. The van der Waals surface area contributed by atoms with Crippen LogP contribution < -0.4 is 5.32 Å². The van der Waals surface area contributed by atoms with Gasteiger partial charge in [-0.1, -0.05) is 33.1 Å². The number of carbonyl (C=O) groups excluding carboxylic acids is 2. The Morgan fingerprint density at radius 1 is 1.37 bits per heavy atom. The van der Waals surface area contributed by atoms with Gasteiger partial charge >= 0.3 is 0 Å². The van der Waals surface area contributed by atoms with E-state index in [9.17, 15) is 9.59 Å². The van der Waals surface area contributed by atoms with E-state index in [1.54, 1.807) is 0 Å². The van der Waals surface area contributed by atoms with E-state index in [1.165, 1.54) is 19.3 Å². The van der Waals surface area contributed by atoms with Crippen molar-refractivity contribution in [3.05, 3.63) is 0 Å². The molecular formula is C15H26N2O2. The molecule has 0 aromatic rings. The topological polar surface area (TPSA) is 49.4 Å². The molecule has 0 aromatic heterocycles. The monoisotopic (exact) mass is 266 g/mol. The molecule has 2 rings (SSSR count). The molecule has 1 N–H and O–H groups in total. The summed E-state index contributed by atoms with van der Waals surface area (Å²) in [4.78, 5) is 26.1. The van der Waals surface area contributed by atoms with Crippen molar-refractivity contribution in [2.75, 3.05) is 13.1 Å². The lowest BCUT2D eigenvalue weighted by Gasteiger charge is -2.27. The molecule has 2 amide bonds. The van der Waals surface area contributed by atoms with Crippen LogP contribution in [0, 0.1) is 11.8 Å². The fourth-order valence-corrected chi connectivity index (χ4v) is 2.67. The first kappa shape index (κ1) is 14.4. The summed E-state index contributed by atoms with van der Waals surface area (Å²) in [6.07, 6.45) is 6.40. The molecule has 1 saturated carbocycles. The Bertz CT molecular complexity index is 339. The summed E-state index contributed by atoms with van der Waals surface area (Å²) < 4.78 is 0. The minimum Gasteiger partial charge on any atom is -0.344 e. The van der Waals surface area contributed by atoms with Gasteiger partial charge in [0.05, 0.1) is 0 Å². The molecule has 19 heavy (non-hydrogen) atoms. The van der Waals surface area contributed by atoms with Crippen molar-refractivity contribution in [1.82, 2.24) is 10.2 Å².